The molecule has 0 amide bonds. The Morgan fingerprint density at radius 1 is 0.661 bits per heavy atom. The number of halogens is 2. The van der Waals surface area contributed by atoms with Crippen molar-refractivity contribution in [2.24, 2.45) is 0 Å². The van der Waals surface area contributed by atoms with E-state index in [1.54, 1.807) is 29.1 Å². The van der Waals surface area contributed by atoms with Crippen molar-refractivity contribution < 1.29 is 18.1 Å². The van der Waals surface area contributed by atoms with Gasteiger partial charge < -0.3 is 5.32 Å². The molecule has 2 N–H and O–H groups in total. The first-order valence-electron chi connectivity index (χ1n) is 17.5. The summed E-state index contributed by atoms with van der Waals surface area (Å²) in [7, 11) is 0. The van der Waals surface area contributed by atoms with E-state index in [2.05, 4.69) is 32.7 Å². The van der Waals surface area contributed by atoms with Crippen molar-refractivity contribution in [2.45, 2.75) is 12.8 Å². The van der Waals surface area contributed by atoms with Crippen molar-refractivity contribution in [2.75, 3.05) is 10.6 Å². The number of aromatic nitrogens is 4. The van der Waals surface area contributed by atoms with Crippen molar-refractivity contribution in [1.29, 1.82) is 10.5 Å². The summed E-state index contributed by atoms with van der Waals surface area (Å²) in [5.41, 5.74) is 7.56. The number of hydrogen-bond acceptors (Lipinski definition) is 8. The van der Waals surface area contributed by atoms with Gasteiger partial charge in [0, 0.05) is 22.7 Å². The second kappa shape index (κ2) is 15.2. The third kappa shape index (κ3) is 6.96. The van der Waals surface area contributed by atoms with Gasteiger partial charge in [-0.2, -0.15) is 10.5 Å². The Balaban J connectivity index is 1.26. The summed E-state index contributed by atoms with van der Waals surface area (Å²) < 4.78 is 30.7. The Labute approximate surface area is 319 Å². The number of nitrogens with zero attached hydrogens (tertiary/aromatic N) is 6. The zero-order chi connectivity index (χ0) is 38.6. The van der Waals surface area contributed by atoms with Crippen molar-refractivity contribution in [1.82, 2.24) is 15.0 Å². The van der Waals surface area contributed by atoms with Gasteiger partial charge in [-0.1, -0.05) is 48.5 Å². The van der Waals surface area contributed by atoms with Crippen LogP contribution in [0, 0.1) is 34.3 Å². The van der Waals surface area contributed by atoms with Gasteiger partial charge in [-0.3, -0.25) is 10.1 Å². The fourth-order valence-electron chi connectivity index (χ4n) is 6.68. The predicted molar refractivity (Wildman–Crippen MR) is 211 cm³/mol. The topological polar surface area (TPSA) is 131 Å². The van der Waals surface area contributed by atoms with Crippen LogP contribution < -0.4 is 15.2 Å². The molecule has 9 nitrogen and oxygen atoms in total. The quantitative estimate of drug-likeness (QED) is 0.105. The highest BCUT2D eigenvalue weighted by Gasteiger charge is 2.23. The van der Waals surface area contributed by atoms with Gasteiger partial charge in [0.15, 0.2) is 11.8 Å². The maximum Gasteiger partial charge on any atom is 0.242 e. The van der Waals surface area contributed by atoms with E-state index in [0.29, 0.717) is 62.5 Å². The number of nitriles is 2. The van der Waals surface area contributed by atoms with Gasteiger partial charge in [-0.25, -0.2) is 23.3 Å². The van der Waals surface area contributed by atoms with E-state index in [4.69, 9.17) is 10.2 Å². The molecule has 8 rings (SSSR count). The summed E-state index contributed by atoms with van der Waals surface area (Å²) >= 11 is 0. The molecular weight excluding hydrogens is 707 g/mol. The summed E-state index contributed by atoms with van der Waals surface area (Å²) in [5.74, 6) is -0.273. The highest BCUT2D eigenvalue weighted by atomic mass is 19.1. The van der Waals surface area contributed by atoms with Gasteiger partial charge in [0.05, 0.1) is 47.1 Å². The zero-order valence-corrected chi connectivity index (χ0v) is 29.5. The van der Waals surface area contributed by atoms with Gasteiger partial charge in [0.1, 0.15) is 29.5 Å². The smallest absolute Gasteiger partial charge is 0.242 e. The second-order valence-electron chi connectivity index (χ2n) is 12.9. The summed E-state index contributed by atoms with van der Waals surface area (Å²) in [6.07, 6.45) is 4.49. The van der Waals surface area contributed by atoms with Crippen LogP contribution in [0.4, 0.5) is 31.8 Å². The number of nitrogens with one attached hydrogen (secondary N) is 2. The molecule has 8 aromatic rings. The van der Waals surface area contributed by atoms with E-state index in [0.717, 1.165) is 40.1 Å². The average Bonchev–Trinajstić information content (AvgIpc) is 3.22. The molecule has 268 valence electrons. The lowest BCUT2D eigenvalue weighted by Gasteiger charge is -2.15. The Kier molecular flexibility index (Phi) is 9.56. The maximum absolute atomic E-state index is 15.0. The summed E-state index contributed by atoms with van der Waals surface area (Å²) in [6, 6.07) is 39.2. The zero-order valence-electron chi connectivity index (χ0n) is 29.5. The van der Waals surface area contributed by atoms with Gasteiger partial charge in [-0.15, -0.1) is 4.98 Å². The number of aldehydes is 1. The standard InChI is InChI=1S/C45H28F2N8O/c46-32-10-15-36(40(47)24-32)31-9-17-42-38(23-31)45(54-34-13-6-29(7-14-34)19-21-49)55(27-52-42)43-3-1-2-35(39(43)25-56)30-8-16-41-37(22-30)44(51-26-50-41)53-33-11-4-28(5-12-33)18-20-48/h1-17,22-27H,18-19H2,(H,50,51,53,56)/p+1. The predicted octanol–water partition coefficient (Wildman–Crippen LogP) is 9.50. The molecule has 0 aliphatic rings. The molecule has 2 heterocycles. The molecule has 6 aromatic carbocycles. The van der Waals surface area contributed by atoms with Crippen molar-refractivity contribution in [3.8, 4) is 40.1 Å². The van der Waals surface area contributed by atoms with E-state index in [-0.39, 0.29) is 12.0 Å². The number of hydrogen-bond donors (Lipinski definition) is 2. The van der Waals surface area contributed by atoms with Crippen LogP contribution in [0.3, 0.4) is 0 Å². The van der Waals surface area contributed by atoms with Crippen LogP contribution in [0.15, 0.2) is 134 Å². The Bertz CT molecular complexity index is 2880. The molecule has 0 aliphatic carbocycles. The van der Waals surface area contributed by atoms with E-state index in [9.17, 15) is 14.4 Å². The minimum atomic E-state index is -0.702. The molecule has 0 saturated heterocycles. The molecular formula is C45H29F2N8O+. The van der Waals surface area contributed by atoms with E-state index < -0.39 is 11.6 Å². The van der Waals surface area contributed by atoms with Gasteiger partial charge in [0.25, 0.3) is 0 Å². The molecule has 11 heteroatoms. The molecule has 2 aromatic heterocycles. The largest absolute Gasteiger partial charge is 0.340 e. The number of rotatable bonds is 10. The third-order valence-corrected chi connectivity index (χ3v) is 9.45. The van der Waals surface area contributed by atoms with Crippen LogP contribution in [0.1, 0.15) is 21.5 Å². The van der Waals surface area contributed by atoms with Crippen molar-refractivity contribution in [3.63, 3.8) is 0 Å². The van der Waals surface area contributed by atoms with Crippen LogP contribution >= 0.6 is 0 Å². The molecule has 0 aliphatic heterocycles. The SMILES string of the molecule is N#CCc1ccc(Nc2ncnc3ccc(-c4cccc(-[n+]5cnc6ccc(-c7ccc(F)cc7F)cc6c5Nc5ccc(CC#N)cc5)c4C=O)cc23)cc1. The number of fused-ring (bicyclic) bond motifs is 2. The lowest BCUT2D eigenvalue weighted by Crippen LogP contribution is -2.36. The summed E-state index contributed by atoms with van der Waals surface area (Å²) in [5, 5.41) is 26.4. The minimum absolute atomic E-state index is 0.219. The van der Waals surface area contributed by atoms with Gasteiger partial charge in [-0.05, 0) is 94.5 Å². The van der Waals surface area contributed by atoms with Gasteiger partial charge >= 0.3 is 0 Å². The summed E-state index contributed by atoms with van der Waals surface area (Å²) in [4.78, 5) is 26.9. The number of benzene rings is 6. The third-order valence-electron chi connectivity index (χ3n) is 9.45. The molecule has 0 unspecified atom stereocenters. The first-order valence-corrected chi connectivity index (χ1v) is 17.5. The maximum atomic E-state index is 15.0. The molecule has 0 spiro atoms. The number of carbonyl (C=O) groups is 1. The highest BCUT2D eigenvalue weighted by molar-refractivity contribution is 5.98. The van der Waals surface area contributed by atoms with E-state index in [1.165, 1.54) is 18.5 Å². The molecule has 0 radical (unpaired) electrons. The molecule has 0 saturated carbocycles. The molecule has 56 heavy (non-hydrogen) atoms. The second-order valence-corrected chi connectivity index (χ2v) is 12.9. The Morgan fingerprint density at radius 3 is 1.96 bits per heavy atom. The van der Waals surface area contributed by atoms with Crippen LogP contribution in [-0.2, 0) is 12.8 Å². The highest BCUT2D eigenvalue weighted by Crippen LogP contribution is 2.34. The van der Waals surface area contributed by atoms with Crippen molar-refractivity contribution in [3.05, 3.63) is 162 Å². The minimum Gasteiger partial charge on any atom is -0.340 e. The van der Waals surface area contributed by atoms with Crippen LogP contribution in [0.25, 0.3) is 49.7 Å². The first kappa shape index (κ1) is 35.2. The van der Waals surface area contributed by atoms with E-state index in [1.807, 2.05) is 84.9 Å². The average molecular weight is 736 g/mol. The Morgan fingerprint density at radius 2 is 1.30 bits per heavy atom. The fraction of sp³-hybridized carbons (Fsp3) is 0.0444. The normalized spacial score (nSPS) is 10.9. The molecule has 0 fully saturated rings. The van der Waals surface area contributed by atoms with E-state index >= 15 is 4.39 Å². The van der Waals surface area contributed by atoms with Gasteiger partial charge in [0.2, 0.25) is 12.1 Å². The van der Waals surface area contributed by atoms with Crippen LogP contribution in [0.2, 0.25) is 0 Å². The molecule has 0 bridgehead atoms. The lowest BCUT2D eigenvalue weighted by molar-refractivity contribution is -0.582. The fourth-order valence-corrected chi connectivity index (χ4v) is 6.68. The number of carbonyl (C=O) groups excluding carboxylic acids is 1. The van der Waals surface area contributed by atoms with Crippen LogP contribution in [0.5, 0.6) is 0 Å². The monoisotopic (exact) mass is 735 g/mol. The lowest BCUT2D eigenvalue weighted by atomic mass is 9.97. The summed E-state index contributed by atoms with van der Waals surface area (Å²) in [6.45, 7) is 0. The Hall–Kier alpha value is -7.89. The number of anilines is 4. The molecule has 0 atom stereocenters. The van der Waals surface area contributed by atoms with Crippen molar-refractivity contribution >= 4 is 51.1 Å². The van der Waals surface area contributed by atoms with Crippen LogP contribution in [-0.4, -0.2) is 21.2 Å². The first-order chi connectivity index (χ1) is 27.4.